The topological polar surface area (TPSA) is 71.7 Å². The Hall–Kier alpha value is -2.47. The summed E-state index contributed by atoms with van der Waals surface area (Å²) < 4.78 is 11.2. The van der Waals surface area contributed by atoms with Crippen LogP contribution in [0.2, 0.25) is 10.0 Å². The predicted molar refractivity (Wildman–Crippen MR) is 110 cm³/mol. The van der Waals surface area contributed by atoms with Crippen molar-refractivity contribution < 1.29 is 19.1 Å². The fourth-order valence-corrected chi connectivity index (χ4v) is 3.03. The van der Waals surface area contributed by atoms with E-state index >= 15 is 0 Å². The Bertz CT molecular complexity index is 1000. The largest absolute Gasteiger partial charge is 0.479 e. The number of rotatable bonds is 6. The van der Waals surface area contributed by atoms with Crippen molar-refractivity contribution in [1.29, 1.82) is 0 Å². The first kappa shape index (κ1) is 20.3. The number of carbonyl (C=O) groups is 1. The number of amides is 1. The van der Waals surface area contributed by atoms with Gasteiger partial charge in [-0.1, -0.05) is 35.3 Å². The highest BCUT2D eigenvalue weighted by Crippen LogP contribution is 2.29. The zero-order chi connectivity index (χ0) is 20.3. The lowest BCUT2D eigenvalue weighted by atomic mass is 10.1. The molecule has 0 bridgehead atoms. The van der Waals surface area contributed by atoms with Crippen LogP contribution in [0, 0.1) is 6.92 Å². The lowest BCUT2D eigenvalue weighted by Gasteiger charge is -2.17. The molecule has 0 saturated heterocycles. The Kier molecular flexibility index (Phi) is 6.29. The highest BCUT2D eigenvalue weighted by molar-refractivity contribution is 6.35. The fraction of sp³-hybridized carbons (Fsp3) is 0.190. The number of halogens is 2. The van der Waals surface area contributed by atoms with E-state index in [1.165, 1.54) is 0 Å². The van der Waals surface area contributed by atoms with Crippen LogP contribution in [0.5, 0.6) is 5.75 Å². The monoisotopic (exact) mass is 419 g/mol. The van der Waals surface area contributed by atoms with Gasteiger partial charge in [-0.05, 0) is 55.8 Å². The summed E-state index contributed by atoms with van der Waals surface area (Å²) in [6.07, 6.45) is -0.772. The van der Waals surface area contributed by atoms with Crippen molar-refractivity contribution in [2.45, 2.75) is 26.6 Å². The van der Waals surface area contributed by atoms with Crippen LogP contribution < -0.4 is 10.1 Å². The third-order valence-electron chi connectivity index (χ3n) is 4.16. The van der Waals surface area contributed by atoms with Gasteiger partial charge in [0.1, 0.15) is 23.9 Å². The molecule has 2 N–H and O–H groups in total. The third kappa shape index (κ3) is 4.68. The Morgan fingerprint density at radius 1 is 1.18 bits per heavy atom. The van der Waals surface area contributed by atoms with E-state index in [4.69, 9.17) is 37.5 Å². The molecule has 1 heterocycles. The van der Waals surface area contributed by atoms with E-state index in [0.717, 1.165) is 11.1 Å². The van der Waals surface area contributed by atoms with E-state index < -0.39 is 6.10 Å². The Labute approximate surface area is 172 Å². The molecule has 2 aromatic carbocycles. The predicted octanol–water partition coefficient (Wildman–Crippen LogP) is 5.46. The number of aryl methyl sites for hydroxylation is 1. The molecule has 0 aliphatic carbocycles. The minimum absolute atomic E-state index is 0.169. The van der Waals surface area contributed by atoms with Gasteiger partial charge in [0.15, 0.2) is 6.10 Å². The van der Waals surface area contributed by atoms with Crippen LogP contribution in [0.25, 0.3) is 11.3 Å². The van der Waals surface area contributed by atoms with Crippen LogP contribution in [-0.2, 0) is 11.4 Å². The van der Waals surface area contributed by atoms with Gasteiger partial charge in [0, 0.05) is 16.3 Å². The molecule has 0 saturated carbocycles. The Balaban J connectivity index is 1.74. The van der Waals surface area contributed by atoms with E-state index in [1.807, 2.05) is 25.1 Å². The third-order valence-corrected chi connectivity index (χ3v) is 4.69. The maximum Gasteiger partial charge on any atom is 0.265 e. The maximum absolute atomic E-state index is 12.6. The van der Waals surface area contributed by atoms with E-state index in [0.29, 0.717) is 33.0 Å². The summed E-state index contributed by atoms with van der Waals surface area (Å²) in [5, 5.41) is 12.8. The van der Waals surface area contributed by atoms with E-state index in [1.54, 1.807) is 37.3 Å². The molecular formula is C21H19Cl2NO4. The van der Waals surface area contributed by atoms with Crippen molar-refractivity contribution in [1.82, 2.24) is 0 Å². The SMILES string of the molecule is Cc1ccc(-c2ccc(CO)o2)cc1NC(=O)[C@H](C)Oc1ccc(Cl)cc1Cl. The Morgan fingerprint density at radius 3 is 2.64 bits per heavy atom. The van der Waals surface area contributed by atoms with Gasteiger partial charge in [0.25, 0.3) is 5.91 Å². The van der Waals surface area contributed by atoms with Crippen LogP contribution in [0.4, 0.5) is 5.69 Å². The van der Waals surface area contributed by atoms with Gasteiger partial charge in [-0.15, -0.1) is 0 Å². The average molecular weight is 420 g/mol. The number of aliphatic hydroxyl groups is 1. The summed E-state index contributed by atoms with van der Waals surface area (Å²) in [5.41, 5.74) is 2.32. The van der Waals surface area contributed by atoms with Crippen molar-refractivity contribution in [3.8, 4) is 17.1 Å². The molecule has 7 heteroatoms. The molecule has 1 atom stereocenters. The minimum Gasteiger partial charge on any atom is -0.479 e. The molecule has 0 radical (unpaired) electrons. The van der Waals surface area contributed by atoms with Crippen molar-refractivity contribution >= 4 is 34.8 Å². The van der Waals surface area contributed by atoms with Gasteiger partial charge in [0.2, 0.25) is 0 Å². The second-order valence-corrected chi connectivity index (χ2v) is 7.12. The summed E-state index contributed by atoms with van der Waals surface area (Å²) in [6.45, 7) is 3.36. The van der Waals surface area contributed by atoms with Crippen LogP contribution in [-0.4, -0.2) is 17.1 Å². The van der Waals surface area contributed by atoms with E-state index in [-0.39, 0.29) is 12.5 Å². The van der Waals surface area contributed by atoms with Crippen LogP contribution >= 0.6 is 23.2 Å². The summed E-state index contributed by atoms with van der Waals surface area (Å²) >= 11 is 12.0. The number of aliphatic hydroxyl groups excluding tert-OH is 1. The smallest absolute Gasteiger partial charge is 0.265 e. The molecule has 0 unspecified atom stereocenters. The zero-order valence-corrected chi connectivity index (χ0v) is 16.8. The number of hydrogen-bond acceptors (Lipinski definition) is 4. The van der Waals surface area contributed by atoms with Gasteiger partial charge in [-0.3, -0.25) is 4.79 Å². The van der Waals surface area contributed by atoms with Gasteiger partial charge in [-0.25, -0.2) is 0 Å². The highest BCUT2D eigenvalue weighted by Gasteiger charge is 2.18. The molecule has 3 rings (SSSR count). The number of furan rings is 1. The quantitative estimate of drug-likeness (QED) is 0.556. The van der Waals surface area contributed by atoms with Crippen LogP contribution in [0.15, 0.2) is 52.9 Å². The van der Waals surface area contributed by atoms with E-state index in [2.05, 4.69) is 5.32 Å². The van der Waals surface area contributed by atoms with Gasteiger partial charge in [0.05, 0.1) is 5.02 Å². The Morgan fingerprint density at radius 2 is 1.96 bits per heavy atom. The summed E-state index contributed by atoms with van der Waals surface area (Å²) in [5.74, 6) is 1.15. The summed E-state index contributed by atoms with van der Waals surface area (Å²) in [7, 11) is 0. The normalized spacial score (nSPS) is 11.9. The first-order valence-corrected chi connectivity index (χ1v) is 9.36. The van der Waals surface area contributed by atoms with Gasteiger partial charge >= 0.3 is 0 Å². The van der Waals surface area contributed by atoms with Crippen LogP contribution in [0.1, 0.15) is 18.2 Å². The van der Waals surface area contributed by atoms with Gasteiger partial charge in [-0.2, -0.15) is 0 Å². The number of hydrogen-bond donors (Lipinski definition) is 2. The number of ether oxygens (including phenoxy) is 1. The molecule has 0 aliphatic heterocycles. The molecule has 0 spiro atoms. The maximum atomic E-state index is 12.6. The van der Waals surface area contributed by atoms with E-state index in [9.17, 15) is 4.79 Å². The molecule has 1 aromatic heterocycles. The number of carbonyl (C=O) groups excluding carboxylic acids is 1. The van der Waals surface area contributed by atoms with Crippen molar-refractivity contribution in [3.05, 3.63) is 69.9 Å². The molecule has 1 amide bonds. The number of anilines is 1. The minimum atomic E-state index is -0.772. The second kappa shape index (κ2) is 8.69. The standard InChI is InChI=1S/C21H19Cl2NO4/c1-12-3-4-14(19-8-6-16(11-25)28-19)9-18(12)24-21(26)13(2)27-20-7-5-15(22)10-17(20)23/h3-10,13,25H,11H2,1-2H3,(H,24,26)/t13-/m0/s1. The van der Waals surface area contributed by atoms with Gasteiger partial charge < -0.3 is 19.6 Å². The first-order chi connectivity index (χ1) is 13.4. The van der Waals surface area contributed by atoms with Crippen molar-refractivity contribution in [2.24, 2.45) is 0 Å². The number of benzene rings is 2. The average Bonchev–Trinajstić information content (AvgIpc) is 3.15. The first-order valence-electron chi connectivity index (χ1n) is 8.60. The lowest BCUT2D eigenvalue weighted by molar-refractivity contribution is -0.122. The molecule has 0 fully saturated rings. The van der Waals surface area contributed by atoms with Crippen molar-refractivity contribution in [3.63, 3.8) is 0 Å². The molecule has 5 nitrogen and oxygen atoms in total. The van der Waals surface area contributed by atoms with Crippen molar-refractivity contribution in [2.75, 3.05) is 5.32 Å². The molecule has 3 aromatic rings. The molecule has 146 valence electrons. The number of nitrogens with one attached hydrogen (secondary N) is 1. The second-order valence-electron chi connectivity index (χ2n) is 6.28. The zero-order valence-electron chi connectivity index (χ0n) is 15.3. The lowest BCUT2D eigenvalue weighted by Crippen LogP contribution is -2.30. The van der Waals surface area contributed by atoms with Crippen LogP contribution in [0.3, 0.4) is 0 Å². The fourth-order valence-electron chi connectivity index (χ4n) is 2.58. The summed E-state index contributed by atoms with van der Waals surface area (Å²) in [6, 6.07) is 13.9. The molecular weight excluding hydrogens is 401 g/mol. The molecule has 28 heavy (non-hydrogen) atoms. The summed E-state index contributed by atoms with van der Waals surface area (Å²) in [4.78, 5) is 12.6. The highest BCUT2D eigenvalue weighted by atomic mass is 35.5. The molecule has 0 aliphatic rings.